The number of carbonyl (C=O) groups is 3. The number of halogens is 2. The van der Waals surface area contributed by atoms with Gasteiger partial charge in [-0.3, -0.25) is 14.5 Å². The van der Waals surface area contributed by atoms with Crippen LogP contribution in [-0.2, 0) is 27.4 Å². The van der Waals surface area contributed by atoms with Crippen molar-refractivity contribution >= 4 is 17.9 Å². The lowest BCUT2D eigenvalue weighted by atomic mass is 9.96. The molecule has 5 rings (SSSR count). The van der Waals surface area contributed by atoms with Gasteiger partial charge in [0.2, 0.25) is 11.8 Å². The van der Waals surface area contributed by atoms with Crippen LogP contribution in [0.4, 0.5) is 13.6 Å². The van der Waals surface area contributed by atoms with E-state index in [0.29, 0.717) is 45.7 Å². The molecule has 238 valence electrons. The number of nitrogens with one attached hydrogen (secondary N) is 1. The van der Waals surface area contributed by atoms with Crippen molar-refractivity contribution in [3.63, 3.8) is 0 Å². The minimum Gasteiger partial charge on any atom is -0.444 e. The van der Waals surface area contributed by atoms with Gasteiger partial charge in [0.1, 0.15) is 23.3 Å². The van der Waals surface area contributed by atoms with Crippen LogP contribution in [-0.4, -0.2) is 70.4 Å². The van der Waals surface area contributed by atoms with Crippen molar-refractivity contribution in [2.45, 2.75) is 64.4 Å². The lowest BCUT2D eigenvalue weighted by molar-refractivity contribution is -0.139. The van der Waals surface area contributed by atoms with E-state index in [9.17, 15) is 23.2 Å². The highest BCUT2D eigenvalue weighted by Crippen LogP contribution is 2.30. The molecule has 0 unspecified atom stereocenters. The average Bonchev–Trinajstić information content (AvgIpc) is 3.28. The average molecular weight is 619 g/mol. The van der Waals surface area contributed by atoms with Crippen molar-refractivity contribution in [3.05, 3.63) is 107 Å². The second-order valence-corrected chi connectivity index (χ2v) is 12.6. The topological polar surface area (TPSA) is 82.2 Å². The summed E-state index contributed by atoms with van der Waals surface area (Å²) in [5, 5.41) is 2.67. The monoisotopic (exact) mass is 618 g/mol. The normalized spacial score (nSPS) is 16.2. The number of rotatable bonds is 7. The fourth-order valence-electron chi connectivity index (χ4n) is 6.01. The molecular weight excluding hydrogens is 578 g/mol. The van der Waals surface area contributed by atoms with E-state index in [1.165, 1.54) is 24.3 Å². The zero-order valence-electron chi connectivity index (χ0n) is 26.0. The molecular formula is C35H40F2N4O4. The van der Waals surface area contributed by atoms with Crippen LogP contribution in [0.2, 0.25) is 0 Å². The van der Waals surface area contributed by atoms with Gasteiger partial charge in [0, 0.05) is 39.3 Å². The van der Waals surface area contributed by atoms with Gasteiger partial charge in [-0.15, -0.1) is 0 Å². The zero-order chi connectivity index (χ0) is 32.1. The van der Waals surface area contributed by atoms with Gasteiger partial charge in [0.25, 0.3) is 0 Å². The summed E-state index contributed by atoms with van der Waals surface area (Å²) in [5.74, 6) is -1.27. The van der Waals surface area contributed by atoms with Crippen molar-refractivity contribution in [2.24, 2.45) is 0 Å². The smallest absolute Gasteiger partial charge is 0.408 e. The van der Waals surface area contributed by atoms with Crippen molar-refractivity contribution in [1.29, 1.82) is 0 Å². The van der Waals surface area contributed by atoms with Gasteiger partial charge in [-0.1, -0.05) is 48.5 Å². The predicted molar refractivity (Wildman–Crippen MR) is 166 cm³/mol. The molecule has 1 atom stereocenters. The zero-order valence-corrected chi connectivity index (χ0v) is 26.0. The quantitative estimate of drug-likeness (QED) is 0.383. The standard InChI is InChI=1S/C35H40F2N4O4/c1-35(2,3)45-34(44)38-30(33(43)41-22-26-7-4-5-8-27(26)23-41)21-31(42)39-17-6-18-40(20-19-39)32(24-9-13-28(36)14-10-24)25-11-15-29(37)16-12-25/h4-5,7-16,30,32H,6,17-23H2,1-3H3,(H,38,44)/t30-/m0/s1. The largest absolute Gasteiger partial charge is 0.444 e. The molecule has 0 spiro atoms. The summed E-state index contributed by atoms with van der Waals surface area (Å²) >= 11 is 0. The second-order valence-electron chi connectivity index (χ2n) is 12.6. The van der Waals surface area contributed by atoms with Crippen LogP contribution in [0.15, 0.2) is 72.8 Å². The molecule has 0 bridgehead atoms. The molecule has 10 heteroatoms. The molecule has 1 saturated heterocycles. The molecule has 1 N–H and O–H groups in total. The van der Waals surface area contributed by atoms with E-state index < -0.39 is 17.7 Å². The number of benzene rings is 3. The third-order valence-electron chi connectivity index (χ3n) is 8.14. The number of nitrogens with zero attached hydrogens (tertiary/aromatic N) is 3. The molecule has 45 heavy (non-hydrogen) atoms. The van der Waals surface area contributed by atoms with Gasteiger partial charge in [0.05, 0.1) is 12.5 Å². The van der Waals surface area contributed by atoms with E-state index in [4.69, 9.17) is 4.74 Å². The SMILES string of the molecule is CC(C)(C)OC(=O)N[C@@H](CC(=O)N1CCCN(C(c2ccc(F)cc2)c2ccc(F)cc2)CC1)C(=O)N1Cc2ccccc2C1. The van der Waals surface area contributed by atoms with Gasteiger partial charge >= 0.3 is 6.09 Å². The number of hydrogen-bond donors (Lipinski definition) is 1. The Bertz CT molecular complexity index is 1440. The lowest BCUT2D eigenvalue weighted by Crippen LogP contribution is -2.51. The van der Waals surface area contributed by atoms with E-state index >= 15 is 0 Å². The summed E-state index contributed by atoms with van der Waals surface area (Å²) in [4.78, 5) is 45.8. The van der Waals surface area contributed by atoms with Crippen LogP contribution < -0.4 is 5.32 Å². The number of carbonyl (C=O) groups excluding carboxylic acids is 3. The summed E-state index contributed by atoms with van der Waals surface area (Å²) < 4.78 is 33.0. The highest BCUT2D eigenvalue weighted by atomic mass is 19.1. The van der Waals surface area contributed by atoms with Crippen molar-refractivity contribution < 1.29 is 27.9 Å². The van der Waals surface area contributed by atoms with Crippen LogP contribution in [0.25, 0.3) is 0 Å². The Morgan fingerprint density at radius 1 is 0.778 bits per heavy atom. The molecule has 0 saturated carbocycles. The van der Waals surface area contributed by atoms with E-state index in [2.05, 4.69) is 10.2 Å². The molecule has 3 aromatic rings. The van der Waals surface area contributed by atoms with Gasteiger partial charge in [-0.05, 0) is 73.7 Å². The Labute approximate surface area is 262 Å². The first-order chi connectivity index (χ1) is 21.5. The van der Waals surface area contributed by atoms with Gasteiger partial charge < -0.3 is 19.9 Å². The highest BCUT2D eigenvalue weighted by Gasteiger charge is 2.35. The summed E-state index contributed by atoms with van der Waals surface area (Å²) in [6, 6.07) is 19.0. The molecule has 0 radical (unpaired) electrons. The minimum absolute atomic E-state index is 0.204. The Morgan fingerprint density at radius 3 is 1.87 bits per heavy atom. The van der Waals surface area contributed by atoms with E-state index in [0.717, 1.165) is 22.3 Å². The molecule has 3 amide bonds. The van der Waals surface area contributed by atoms with Crippen LogP contribution in [0.5, 0.6) is 0 Å². The van der Waals surface area contributed by atoms with Crippen molar-refractivity contribution in [2.75, 3.05) is 26.2 Å². The summed E-state index contributed by atoms with van der Waals surface area (Å²) in [7, 11) is 0. The first-order valence-electron chi connectivity index (χ1n) is 15.3. The first-order valence-corrected chi connectivity index (χ1v) is 15.3. The maximum Gasteiger partial charge on any atom is 0.408 e. The highest BCUT2D eigenvalue weighted by molar-refractivity contribution is 5.91. The third kappa shape index (κ3) is 8.25. The summed E-state index contributed by atoms with van der Waals surface area (Å²) in [5.41, 5.74) is 3.03. The Hall–Kier alpha value is -4.31. The molecule has 0 aliphatic carbocycles. The van der Waals surface area contributed by atoms with Gasteiger partial charge in [0.15, 0.2) is 0 Å². The maximum absolute atomic E-state index is 13.8. The predicted octanol–water partition coefficient (Wildman–Crippen LogP) is 5.41. The van der Waals surface area contributed by atoms with Crippen LogP contribution in [0.1, 0.15) is 61.9 Å². The molecule has 8 nitrogen and oxygen atoms in total. The third-order valence-corrected chi connectivity index (χ3v) is 8.14. The Morgan fingerprint density at radius 2 is 1.33 bits per heavy atom. The fourth-order valence-corrected chi connectivity index (χ4v) is 6.01. The maximum atomic E-state index is 13.8. The molecule has 2 heterocycles. The lowest BCUT2D eigenvalue weighted by Gasteiger charge is -2.32. The summed E-state index contributed by atoms with van der Waals surface area (Å²) in [6.07, 6.45) is -0.303. The van der Waals surface area contributed by atoms with E-state index in [-0.39, 0.29) is 35.9 Å². The van der Waals surface area contributed by atoms with Gasteiger partial charge in [-0.2, -0.15) is 0 Å². The van der Waals surface area contributed by atoms with Crippen LogP contribution in [0.3, 0.4) is 0 Å². The minimum atomic E-state index is -1.09. The van der Waals surface area contributed by atoms with Crippen LogP contribution in [0, 0.1) is 11.6 Å². The molecule has 1 fully saturated rings. The molecule has 3 aromatic carbocycles. The van der Waals surface area contributed by atoms with Crippen molar-refractivity contribution in [3.8, 4) is 0 Å². The molecule has 2 aliphatic rings. The summed E-state index contributed by atoms with van der Waals surface area (Å²) in [6.45, 7) is 8.03. The number of ether oxygens (including phenoxy) is 1. The molecule has 0 aromatic heterocycles. The van der Waals surface area contributed by atoms with Crippen LogP contribution >= 0.6 is 0 Å². The first kappa shape index (κ1) is 32.1. The number of amides is 3. The van der Waals surface area contributed by atoms with E-state index in [1.807, 2.05) is 24.3 Å². The Balaban J connectivity index is 1.30. The number of alkyl carbamates (subject to hydrolysis) is 1. The number of hydrogen-bond acceptors (Lipinski definition) is 5. The second kappa shape index (κ2) is 13.8. The molecule has 2 aliphatic heterocycles. The number of fused-ring (bicyclic) bond motifs is 1. The Kier molecular flexibility index (Phi) is 9.82. The van der Waals surface area contributed by atoms with Gasteiger partial charge in [-0.25, -0.2) is 13.6 Å². The fraction of sp³-hybridized carbons (Fsp3) is 0.400. The van der Waals surface area contributed by atoms with E-state index in [1.54, 1.807) is 54.8 Å². The van der Waals surface area contributed by atoms with Crippen molar-refractivity contribution in [1.82, 2.24) is 20.0 Å².